The summed E-state index contributed by atoms with van der Waals surface area (Å²) in [6, 6.07) is 5.23. The fourth-order valence-corrected chi connectivity index (χ4v) is 2.34. The Hall–Kier alpha value is -2.53. The fraction of sp³-hybridized carbons (Fsp3) is 0.500. The van der Waals surface area contributed by atoms with Crippen LogP contribution in [0.15, 0.2) is 24.3 Å². The zero-order valence-corrected chi connectivity index (χ0v) is 15.7. The zero-order valence-electron chi connectivity index (χ0n) is 15.7. The Morgan fingerprint density at radius 2 is 1.75 bits per heavy atom. The molecule has 156 valence electrons. The van der Waals surface area contributed by atoms with Crippen LogP contribution >= 0.6 is 0 Å². The van der Waals surface area contributed by atoms with Crippen LogP contribution in [0.4, 0.5) is 5.69 Å². The van der Waals surface area contributed by atoms with Crippen molar-refractivity contribution >= 4 is 23.5 Å². The summed E-state index contributed by atoms with van der Waals surface area (Å²) in [6.45, 7) is 1.94. The summed E-state index contributed by atoms with van der Waals surface area (Å²) in [4.78, 5) is 34.8. The van der Waals surface area contributed by atoms with Crippen molar-refractivity contribution < 1.29 is 39.5 Å². The molecule has 10 heteroatoms. The van der Waals surface area contributed by atoms with Crippen LogP contribution in [-0.2, 0) is 25.7 Å². The third kappa shape index (κ3) is 5.99. The highest BCUT2D eigenvalue weighted by molar-refractivity contribution is 5.92. The number of carboxylic acids is 1. The number of hydrogen-bond donors (Lipinski definition) is 6. The Balaban J connectivity index is 2.78. The van der Waals surface area contributed by atoms with Crippen LogP contribution in [0.2, 0.25) is 0 Å². The van der Waals surface area contributed by atoms with E-state index >= 15 is 0 Å². The maximum Gasteiger partial charge on any atom is 0.343 e. The van der Waals surface area contributed by atoms with Gasteiger partial charge in [-0.3, -0.25) is 9.59 Å². The maximum atomic E-state index is 12.1. The number of carboxylic acid groups (broad SMARTS) is 1. The second-order valence-electron chi connectivity index (χ2n) is 6.44. The molecule has 0 aliphatic rings. The minimum atomic E-state index is -2.49. The molecular weight excluding hydrogens is 372 g/mol. The highest BCUT2D eigenvalue weighted by atomic mass is 16.6. The van der Waals surface area contributed by atoms with Crippen molar-refractivity contribution in [3.05, 3.63) is 29.8 Å². The number of ether oxygens (including phenoxy) is 1. The first-order valence-electron chi connectivity index (χ1n) is 8.62. The lowest BCUT2D eigenvalue weighted by atomic mass is 9.92. The normalized spacial score (nSPS) is 14.6. The average Bonchev–Trinajstić information content (AvgIpc) is 2.63. The van der Waals surface area contributed by atoms with E-state index < -0.39 is 41.7 Å². The van der Waals surface area contributed by atoms with Gasteiger partial charge in [0.25, 0.3) is 0 Å². The molecule has 1 aromatic rings. The molecule has 1 rings (SSSR count). The van der Waals surface area contributed by atoms with Gasteiger partial charge in [-0.05, 0) is 26.3 Å². The van der Waals surface area contributed by atoms with Crippen molar-refractivity contribution in [2.45, 2.75) is 57.1 Å². The topological polar surface area (TPSA) is 179 Å². The second kappa shape index (κ2) is 10.1. The van der Waals surface area contributed by atoms with Gasteiger partial charge in [0.1, 0.15) is 12.6 Å². The third-order valence-electron chi connectivity index (χ3n) is 4.25. The number of carbonyl (C=O) groups excluding carboxylic acids is 2. The second-order valence-corrected chi connectivity index (χ2v) is 6.44. The van der Waals surface area contributed by atoms with Gasteiger partial charge in [-0.2, -0.15) is 0 Å². The lowest BCUT2D eigenvalue weighted by molar-refractivity contribution is -0.194. The number of carbonyl (C=O) groups is 3. The van der Waals surface area contributed by atoms with Gasteiger partial charge in [0.15, 0.2) is 0 Å². The number of hydrogen-bond acceptors (Lipinski definition) is 8. The summed E-state index contributed by atoms with van der Waals surface area (Å²) < 4.78 is 5.01. The first-order valence-corrected chi connectivity index (χ1v) is 8.62. The summed E-state index contributed by atoms with van der Waals surface area (Å²) in [5.74, 6) is -2.89. The van der Waals surface area contributed by atoms with Gasteiger partial charge in [-0.25, -0.2) is 4.79 Å². The lowest BCUT2D eigenvalue weighted by Crippen LogP contribution is -2.56. The van der Waals surface area contributed by atoms with Crippen molar-refractivity contribution in [3.63, 3.8) is 0 Å². The van der Waals surface area contributed by atoms with E-state index in [2.05, 4.69) is 5.32 Å². The summed E-state index contributed by atoms with van der Waals surface area (Å²) >= 11 is 0. The molecule has 0 fully saturated rings. The number of para-hydroxylation sites is 1. The van der Waals surface area contributed by atoms with Crippen molar-refractivity contribution in [2.24, 2.45) is 5.73 Å². The maximum absolute atomic E-state index is 12.1. The molecule has 0 spiro atoms. The van der Waals surface area contributed by atoms with Gasteiger partial charge in [-0.15, -0.1) is 0 Å². The number of rotatable bonds is 10. The zero-order chi connectivity index (χ0) is 21.5. The molecule has 3 atom stereocenters. The molecule has 0 aromatic heterocycles. The first-order chi connectivity index (χ1) is 13.0. The molecule has 28 heavy (non-hydrogen) atoms. The number of esters is 1. The Morgan fingerprint density at radius 3 is 2.29 bits per heavy atom. The molecule has 1 aromatic carbocycles. The van der Waals surface area contributed by atoms with Gasteiger partial charge in [-0.1, -0.05) is 18.2 Å². The molecule has 0 saturated heterocycles. The Kier molecular flexibility index (Phi) is 8.51. The monoisotopic (exact) mass is 398 g/mol. The van der Waals surface area contributed by atoms with Crippen LogP contribution < -0.4 is 11.1 Å². The van der Waals surface area contributed by atoms with Crippen molar-refractivity contribution in [3.8, 4) is 0 Å². The Labute approximate surface area is 161 Å². The lowest BCUT2D eigenvalue weighted by Gasteiger charge is -2.31. The van der Waals surface area contributed by atoms with Gasteiger partial charge in [0.05, 0.1) is 12.2 Å². The minimum absolute atomic E-state index is 0.0475. The highest BCUT2D eigenvalue weighted by Gasteiger charge is 2.47. The predicted octanol–water partition coefficient (Wildman–Crippen LogP) is -0.647. The molecule has 10 nitrogen and oxygen atoms in total. The highest BCUT2D eigenvalue weighted by Crippen LogP contribution is 2.21. The largest absolute Gasteiger partial charge is 0.480 e. The summed E-state index contributed by atoms with van der Waals surface area (Å²) in [5.41, 5.74) is 3.58. The number of nitrogens with one attached hydrogen (secondary N) is 1. The van der Waals surface area contributed by atoms with Gasteiger partial charge >= 0.3 is 11.9 Å². The molecule has 0 aliphatic heterocycles. The van der Waals surface area contributed by atoms with Crippen molar-refractivity contribution in [1.82, 2.24) is 0 Å². The number of aliphatic carboxylic acids is 1. The predicted molar refractivity (Wildman–Crippen MR) is 98.0 cm³/mol. The van der Waals surface area contributed by atoms with E-state index in [1.807, 2.05) is 0 Å². The summed E-state index contributed by atoms with van der Waals surface area (Å²) in [7, 11) is 0. The van der Waals surface area contributed by atoms with E-state index in [9.17, 15) is 29.7 Å². The number of benzene rings is 1. The Morgan fingerprint density at radius 1 is 1.18 bits per heavy atom. The van der Waals surface area contributed by atoms with Gasteiger partial charge < -0.3 is 36.2 Å². The molecule has 1 unspecified atom stereocenters. The molecule has 0 heterocycles. The SMILES string of the molecule is C[C@@H](O)C(O)(C(=O)OCc1ccccc1NC(=O)CCC(N)C(=O)O)[C@@H](C)O. The van der Waals surface area contributed by atoms with Crippen LogP contribution in [0.1, 0.15) is 32.3 Å². The van der Waals surface area contributed by atoms with Crippen LogP contribution in [-0.4, -0.2) is 62.1 Å². The summed E-state index contributed by atoms with van der Waals surface area (Å²) in [6.07, 6.45) is -3.32. The van der Waals surface area contributed by atoms with Crippen LogP contribution in [0, 0.1) is 0 Å². The van der Waals surface area contributed by atoms with E-state index in [-0.39, 0.29) is 19.4 Å². The molecule has 7 N–H and O–H groups in total. The van der Waals surface area contributed by atoms with E-state index in [0.29, 0.717) is 11.3 Å². The molecule has 1 amide bonds. The smallest absolute Gasteiger partial charge is 0.343 e. The van der Waals surface area contributed by atoms with Crippen LogP contribution in [0.5, 0.6) is 0 Å². The minimum Gasteiger partial charge on any atom is -0.480 e. The fourth-order valence-electron chi connectivity index (χ4n) is 2.34. The number of amides is 1. The van der Waals surface area contributed by atoms with E-state index in [1.165, 1.54) is 0 Å². The standard InChI is InChI=1S/C18H26N2O8/c1-10(21)18(27,11(2)22)17(26)28-9-12-5-3-4-6-14(12)20-15(23)8-7-13(19)16(24)25/h3-6,10-11,13,21-22,27H,7-9,19H2,1-2H3,(H,20,23)(H,24,25)/t10-,11-,13?/m1/s1. The van der Waals surface area contributed by atoms with Crippen molar-refractivity contribution in [1.29, 1.82) is 0 Å². The number of nitrogens with two attached hydrogens (primary N) is 1. The van der Waals surface area contributed by atoms with Gasteiger partial charge in [0, 0.05) is 17.7 Å². The van der Waals surface area contributed by atoms with Crippen molar-refractivity contribution in [2.75, 3.05) is 5.32 Å². The number of aliphatic hydroxyl groups excluding tert-OH is 2. The Bertz CT molecular complexity index is 697. The van der Waals surface area contributed by atoms with E-state index in [0.717, 1.165) is 13.8 Å². The first kappa shape index (κ1) is 23.5. The third-order valence-corrected chi connectivity index (χ3v) is 4.25. The molecule has 0 saturated carbocycles. The average molecular weight is 398 g/mol. The molecule has 0 aliphatic carbocycles. The quantitative estimate of drug-likeness (QED) is 0.279. The van der Waals surface area contributed by atoms with Crippen LogP contribution in [0.25, 0.3) is 0 Å². The molecule has 0 bridgehead atoms. The van der Waals surface area contributed by atoms with E-state index in [1.54, 1.807) is 24.3 Å². The summed E-state index contributed by atoms with van der Waals surface area (Å²) in [5, 5.41) is 40.7. The van der Waals surface area contributed by atoms with Gasteiger partial charge in [0.2, 0.25) is 11.5 Å². The number of aliphatic hydroxyl groups is 3. The number of anilines is 1. The molecule has 0 radical (unpaired) electrons. The molecular formula is C18H26N2O8. The van der Waals surface area contributed by atoms with E-state index in [4.69, 9.17) is 15.6 Å². The van der Waals surface area contributed by atoms with Crippen LogP contribution in [0.3, 0.4) is 0 Å².